The van der Waals surface area contributed by atoms with Crippen molar-refractivity contribution in [2.24, 2.45) is 0 Å². The molecular formula is C11H14N2O. The number of hydrogen-bond donors (Lipinski definition) is 2. The van der Waals surface area contributed by atoms with Crippen molar-refractivity contribution in [3.8, 4) is 0 Å². The van der Waals surface area contributed by atoms with Crippen LogP contribution in [0.4, 0.5) is 0 Å². The highest BCUT2D eigenvalue weighted by atomic mass is 16.1. The number of carbonyl (C=O) groups is 1. The SMILES string of the molecule is O=C1C2=C(CCNC2)CC2=C1CCN2. The summed E-state index contributed by atoms with van der Waals surface area (Å²) in [5, 5.41) is 6.60. The molecule has 0 aromatic rings. The summed E-state index contributed by atoms with van der Waals surface area (Å²) in [5.74, 6) is 0.304. The van der Waals surface area contributed by atoms with Gasteiger partial charge in [-0.25, -0.2) is 0 Å². The molecule has 2 N–H and O–H groups in total. The molecule has 3 rings (SSSR count). The molecule has 0 aromatic heterocycles. The second kappa shape index (κ2) is 2.95. The van der Waals surface area contributed by atoms with E-state index in [1.807, 2.05) is 0 Å². The van der Waals surface area contributed by atoms with Crippen LogP contribution in [0.25, 0.3) is 0 Å². The normalized spacial score (nSPS) is 26.1. The lowest BCUT2D eigenvalue weighted by Crippen LogP contribution is -2.32. The van der Waals surface area contributed by atoms with Gasteiger partial charge in [-0.05, 0) is 19.4 Å². The van der Waals surface area contributed by atoms with Gasteiger partial charge in [0, 0.05) is 36.4 Å². The van der Waals surface area contributed by atoms with Crippen LogP contribution in [0.3, 0.4) is 0 Å². The van der Waals surface area contributed by atoms with Crippen molar-refractivity contribution in [3.05, 3.63) is 22.4 Å². The van der Waals surface area contributed by atoms with Gasteiger partial charge in [-0.3, -0.25) is 4.79 Å². The molecule has 0 spiro atoms. The van der Waals surface area contributed by atoms with Crippen LogP contribution in [0.2, 0.25) is 0 Å². The lowest BCUT2D eigenvalue weighted by Gasteiger charge is -2.25. The Morgan fingerprint density at radius 1 is 1.07 bits per heavy atom. The van der Waals surface area contributed by atoms with Gasteiger partial charge in [0.2, 0.25) is 0 Å². The first-order chi connectivity index (χ1) is 6.86. The highest BCUT2D eigenvalue weighted by Crippen LogP contribution is 2.32. The zero-order chi connectivity index (χ0) is 9.54. The van der Waals surface area contributed by atoms with E-state index in [9.17, 15) is 4.79 Å². The standard InChI is InChI=1S/C11H14N2O/c14-11-8-2-4-13-10(8)5-7-1-3-12-6-9(7)11/h12-13H,1-6H2. The number of ketones is 1. The van der Waals surface area contributed by atoms with Crippen molar-refractivity contribution in [1.29, 1.82) is 0 Å². The first-order valence-corrected chi connectivity index (χ1v) is 5.28. The van der Waals surface area contributed by atoms with Crippen LogP contribution in [-0.2, 0) is 4.79 Å². The predicted molar refractivity (Wildman–Crippen MR) is 53.8 cm³/mol. The molecule has 0 aromatic carbocycles. The third-order valence-corrected chi connectivity index (χ3v) is 3.35. The second-order valence-electron chi connectivity index (χ2n) is 4.15. The molecule has 2 heterocycles. The molecule has 0 atom stereocenters. The van der Waals surface area contributed by atoms with Gasteiger partial charge in [0.05, 0.1) is 0 Å². The van der Waals surface area contributed by atoms with Gasteiger partial charge in [-0.15, -0.1) is 0 Å². The van der Waals surface area contributed by atoms with E-state index in [-0.39, 0.29) is 0 Å². The fourth-order valence-corrected chi connectivity index (χ4v) is 2.58. The summed E-state index contributed by atoms with van der Waals surface area (Å²) < 4.78 is 0. The Morgan fingerprint density at radius 3 is 2.93 bits per heavy atom. The number of Topliss-reactive ketones (excluding diaryl/α,β-unsaturated/α-hetero) is 1. The third-order valence-electron chi connectivity index (χ3n) is 3.35. The van der Waals surface area contributed by atoms with E-state index in [2.05, 4.69) is 10.6 Å². The first kappa shape index (κ1) is 8.24. The van der Waals surface area contributed by atoms with E-state index in [0.29, 0.717) is 5.78 Å². The van der Waals surface area contributed by atoms with Gasteiger partial charge in [-0.2, -0.15) is 0 Å². The van der Waals surface area contributed by atoms with E-state index in [0.717, 1.165) is 50.0 Å². The van der Waals surface area contributed by atoms with E-state index in [1.54, 1.807) is 0 Å². The summed E-state index contributed by atoms with van der Waals surface area (Å²) in [6.45, 7) is 2.75. The van der Waals surface area contributed by atoms with E-state index in [4.69, 9.17) is 0 Å². The summed E-state index contributed by atoms with van der Waals surface area (Å²) in [6.07, 6.45) is 2.96. The number of hydrogen-bond acceptors (Lipinski definition) is 3. The second-order valence-corrected chi connectivity index (χ2v) is 4.15. The Labute approximate surface area is 83.3 Å². The average molecular weight is 190 g/mol. The Kier molecular flexibility index (Phi) is 1.74. The summed E-state index contributed by atoms with van der Waals surface area (Å²) in [4.78, 5) is 12.0. The Hall–Kier alpha value is -1.09. The van der Waals surface area contributed by atoms with E-state index in [1.165, 1.54) is 11.3 Å². The number of nitrogens with one attached hydrogen (secondary N) is 2. The minimum atomic E-state index is 0.304. The van der Waals surface area contributed by atoms with Crippen LogP contribution in [0.15, 0.2) is 22.4 Å². The Bertz CT molecular complexity index is 365. The number of allylic oxidation sites excluding steroid dienone is 1. The van der Waals surface area contributed by atoms with Gasteiger partial charge in [0.1, 0.15) is 0 Å². The summed E-state index contributed by atoms with van der Waals surface area (Å²) in [7, 11) is 0. The van der Waals surface area contributed by atoms with Gasteiger partial charge in [0.15, 0.2) is 5.78 Å². The van der Waals surface area contributed by atoms with Gasteiger partial charge >= 0.3 is 0 Å². The highest BCUT2D eigenvalue weighted by molar-refractivity contribution is 6.11. The molecule has 2 aliphatic heterocycles. The molecule has 0 saturated carbocycles. The molecular weight excluding hydrogens is 176 g/mol. The molecule has 0 bridgehead atoms. The average Bonchev–Trinajstić information content (AvgIpc) is 2.66. The topological polar surface area (TPSA) is 41.1 Å². The minimum Gasteiger partial charge on any atom is -0.387 e. The van der Waals surface area contributed by atoms with Gasteiger partial charge < -0.3 is 10.6 Å². The molecule has 3 heteroatoms. The molecule has 0 amide bonds. The largest absolute Gasteiger partial charge is 0.387 e. The van der Waals surface area contributed by atoms with Crippen molar-refractivity contribution in [1.82, 2.24) is 10.6 Å². The van der Waals surface area contributed by atoms with Crippen molar-refractivity contribution in [2.45, 2.75) is 19.3 Å². The minimum absolute atomic E-state index is 0.304. The van der Waals surface area contributed by atoms with Crippen LogP contribution >= 0.6 is 0 Å². The van der Waals surface area contributed by atoms with E-state index < -0.39 is 0 Å². The predicted octanol–water partition coefficient (Wildman–Crippen LogP) is 0.496. The number of carbonyl (C=O) groups excluding carboxylic acids is 1. The van der Waals surface area contributed by atoms with E-state index >= 15 is 0 Å². The maximum Gasteiger partial charge on any atom is 0.188 e. The number of rotatable bonds is 0. The van der Waals surface area contributed by atoms with Crippen molar-refractivity contribution in [2.75, 3.05) is 19.6 Å². The van der Waals surface area contributed by atoms with Crippen LogP contribution in [-0.4, -0.2) is 25.4 Å². The summed E-state index contributed by atoms with van der Waals surface area (Å²) in [5.41, 5.74) is 4.67. The van der Waals surface area contributed by atoms with Crippen LogP contribution in [0, 0.1) is 0 Å². The zero-order valence-corrected chi connectivity index (χ0v) is 8.15. The molecule has 3 nitrogen and oxygen atoms in total. The lowest BCUT2D eigenvalue weighted by atomic mass is 9.85. The fourth-order valence-electron chi connectivity index (χ4n) is 2.58. The van der Waals surface area contributed by atoms with Crippen molar-refractivity contribution < 1.29 is 4.79 Å². The summed E-state index contributed by atoms with van der Waals surface area (Å²) >= 11 is 0. The third kappa shape index (κ3) is 1.05. The Morgan fingerprint density at radius 2 is 2.00 bits per heavy atom. The molecule has 3 aliphatic rings. The lowest BCUT2D eigenvalue weighted by molar-refractivity contribution is -0.112. The maximum atomic E-state index is 12.0. The van der Waals surface area contributed by atoms with Crippen molar-refractivity contribution >= 4 is 5.78 Å². The van der Waals surface area contributed by atoms with Crippen LogP contribution in [0.1, 0.15) is 19.3 Å². The molecule has 74 valence electrons. The molecule has 0 fully saturated rings. The monoisotopic (exact) mass is 190 g/mol. The smallest absolute Gasteiger partial charge is 0.188 e. The maximum absolute atomic E-state index is 12.0. The van der Waals surface area contributed by atoms with Crippen molar-refractivity contribution in [3.63, 3.8) is 0 Å². The molecule has 0 saturated heterocycles. The molecule has 14 heavy (non-hydrogen) atoms. The first-order valence-electron chi connectivity index (χ1n) is 5.28. The van der Waals surface area contributed by atoms with Gasteiger partial charge in [0.25, 0.3) is 0 Å². The van der Waals surface area contributed by atoms with Gasteiger partial charge in [-0.1, -0.05) is 5.57 Å². The van der Waals surface area contributed by atoms with Crippen LogP contribution < -0.4 is 10.6 Å². The fraction of sp³-hybridized carbons (Fsp3) is 0.545. The molecule has 0 radical (unpaired) electrons. The zero-order valence-electron chi connectivity index (χ0n) is 8.15. The summed E-state index contributed by atoms with van der Waals surface area (Å²) in [6, 6.07) is 0. The highest BCUT2D eigenvalue weighted by Gasteiger charge is 2.31. The van der Waals surface area contributed by atoms with Crippen LogP contribution in [0.5, 0.6) is 0 Å². The Balaban J connectivity index is 1.99. The quantitative estimate of drug-likeness (QED) is 0.584. The molecule has 0 unspecified atom stereocenters. The molecule has 1 aliphatic carbocycles.